The lowest BCUT2D eigenvalue weighted by Gasteiger charge is -2.23. The molecule has 112 valence electrons. The zero-order chi connectivity index (χ0) is 15.3. The van der Waals surface area contributed by atoms with E-state index in [1.165, 1.54) is 18.2 Å². The first-order chi connectivity index (χ1) is 9.31. The normalized spacial score (nSPS) is 13.7. The van der Waals surface area contributed by atoms with Crippen molar-refractivity contribution in [1.29, 1.82) is 0 Å². The van der Waals surface area contributed by atoms with E-state index in [0.29, 0.717) is 0 Å². The van der Waals surface area contributed by atoms with Crippen LogP contribution in [0.25, 0.3) is 0 Å². The SMILES string of the molecule is CCN(CC)S(=Nc1ccccc1[N+](=O)[O-])C(F)(F)F. The molecule has 0 aliphatic heterocycles. The van der Waals surface area contributed by atoms with Gasteiger partial charge in [-0.05, 0) is 6.07 Å². The van der Waals surface area contributed by atoms with Gasteiger partial charge < -0.3 is 0 Å². The molecular weight excluding hydrogens is 295 g/mol. The minimum atomic E-state index is -4.56. The van der Waals surface area contributed by atoms with Crippen molar-refractivity contribution in [2.45, 2.75) is 19.4 Å². The van der Waals surface area contributed by atoms with Crippen LogP contribution in [-0.2, 0) is 10.9 Å². The Balaban J connectivity index is 3.38. The summed E-state index contributed by atoms with van der Waals surface area (Å²) in [5.41, 5.74) is -5.25. The van der Waals surface area contributed by atoms with Crippen LogP contribution in [0.5, 0.6) is 0 Å². The van der Waals surface area contributed by atoms with Gasteiger partial charge in [-0.2, -0.15) is 17.5 Å². The molecule has 0 radical (unpaired) electrons. The molecule has 1 rings (SSSR count). The number of hydrogen-bond donors (Lipinski definition) is 0. The molecule has 0 amide bonds. The molecule has 0 saturated carbocycles. The molecule has 0 aliphatic carbocycles. The summed E-state index contributed by atoms with van der Waals surface area (Å²) in [6.45, 7) is 3.49. The maximum Gasteiger partial charge on any atom is 0.466 e. The van der Waals surface area contributed by atoms with Crippen molar-refractivity contribution in [2.75, 3.05) is 13.1 Å². The largest absolute Gasteiger partial charge is 0.466 e. The quantitative estimate of drug-likeness (QED) is 0.614. The van der Waals surface area contributed by atoms with Crippen molar-refractivity contribution in [3.63, 3.8) is 0 Å². The van der Waals surface area contributed by atoms with E-state index < -0.39 is 27.0 Å². The second-order valence-electron chi connectivity index (χ2n) is 3.66. The smallest absolute Gasteiger partial charge is 0.258 e. The zero-order valence-corrected chi connectivity index (χ0v) is 11.7. The summed E-state index contributed by atoms with van der Waals surface area (Å²) in [7, 11) is -2.40. The first kappa shape index (κ1) is 16.6. The van der Waals surface area contributed by atoms with Gasteiger partial charge in [0.2, 0.25) is 0 Å². The van der Waals surface area contributed by atoms with E-state index in [-0.39, 0.29) is 18.8 Å². The van der Waals surface area contributed by atoms with Crippen LogP contribution in [-0.4, -0.2) is 27.8 Å². The minimum absolute atomic E-state index is 0.156. The lowest BCUT2D eigenvalue weighted by atomic mass is 10.3. The lowest BCUT2D eigenvalue weighted by Crippen LogP contribution is -2.34. The Hall–Kier alpha value is -1.48. The Kier molecular flexibility index (Phi) is 5.63. The predicted molar refractivity (Wildman–Crippen MR) is 71.5 cm³/mol. The first-order valence-corrected chi connectivity index (χ1v) is 6.96. The molecule has 1 aromatic carbocycles. The van der Waals surface area contributed by atoms with Gasteiger partial charge in [-0.25, -0.2) is 4.31 Å². The Morgan fingerprint density at radius 1 is 1.30 bits per heavy atom. The molecule has 1 unspecified atom stereocenters. The van der Waals surface area contributed by atoms with Gasteiger partial charge in [0.05, 0.1) is 15.8 Å². The average molecular weight is 309 g/mol. The monoisotopic (exact) mass is 309 g/mol. The highest BCUT2D eigenvalue weighted by molar-refractivity contribution is 7.86. The van der Waals surface area contributed by atoms with E-state index in [1.807, 2.05) is 0 Å². The number of nitro groups is 1. The molecule has 0 saturated heterocycles. The van der Waals surface area contributed by atoms with Crippen LogP contribution < -0.4 is 0 Å². The second kappa shape index (κ2) is 6.80. The Morgan fingerprint density at radius 2 is 1.85 bits per heavy atom. The summed E-state index contributed by atoms with van der Waals surface area (Å²) in [6, 6.07) is 5.17. The summed E-state index contributed by atoms with van der Waals surface area (Å²) in [6.07, 6.45) is 0. The highest BCUT2D eigenvalue weighted by Crippen LogP contribution is 2.32. The van der Waals surface area contributed by atoms with Crippen LogP contribution >= 0.6 is 0 Å². The Bertz CT molecular complexity index is 516. The topological polar surface area (TPSA) is 58.7 Å². The van der Waals surface area contributed by atoms with Crippen LogP contribution in [0.3, 0.4) is 0 Å². The van der Waals surface area contributed by atoms with Gasteiger partial charge in [0.15, 0.2) is 0 Å². The second-order valence-corrected chi connectivity index (χ2v) is 5.35. The third-order valence-corrected chi connectivity index (χ3v) is 4.21. The van der Waals surface area contributed by atoms with Crippen LogP contribution in [0, 0.1) is 10.1 Å². The summed E-state index contributed by atoms with van der Waals surface area (Å²) >= 11 is 0. The number of nitrogens with zero attached hydrogens (tertiary/aromatic N) is 3. The van der Waals surface area contributed by atoms with Gasteiger partial charge >= 0.3 is 5.51 Å². The molecule has 0 spiro atoms. The number of nitro benzene ring substituents is 1. The Morgan fingerprint density at radius 3 is 2.30 bits per heavy atom. The van der Waals surface area contributed by atoms with Gasteiger partial charge in [0.25, 0.3) is 5.69 Å². The molecule has 0 heterocycles. The van der Waals surface area contributed by atoms with Gasteiger partial charge in [-0.3, -0.25) is 10.1 Å². The fraction of sp³-hybridized carbons (Fsp3) is 0.455. The maximum atomic E-state index is 13.1. The van der Waals surface area contributed by atoms with Crippen molar-refractivity contribution in [1.82, 2.24) is 4.31 Å². The number of alkyl halides is 3. The van der Waals surface area contributed by atoms with Crippen LogP contribution in [0.15, 0.2) is 28.6 Å². The highest BCUT2D eigenvalue weighted by atomic mass is 32.2. The van der Waals surface area contributed by atoms with Crippen LogP contribution in [0.4, 0.5) is 24.5 Å². The van der Waals surface area contributed by atoms with Crippen molar-refractivity contribution in [2.24, 2.45) is 4.36 Å². The molecule has 1 atom stereocenters. The molecule has 0 aliphatic rings. The molecule has 9 heteroatoms. The predicted octanol–water partition coefficient (Wildman–Crippen LogP) is 3.80. The third-order valence-electron chi connectivity index (χ3n) is 2.42. The third kappa shape index (κ3) is 4.01. The van der Waals surface area contributed by atoms with Gasteiger partial charge in [-0.15, -0.1) is 0 Å². The number of halogens is 3. The Labute approximate surface area is 116 Å². The molecule has 20 heavy (non-hydrogen) atoms. The minimum Gasteiger partial charge on any atom is -0.258 e. The maximum absolute atomic E-state index is 13.1. The van der Waals surface area contributed by atoms with E-state index in [9.17, 15) is 23.3 Å². The van der Waals surface area contributed by atoms with Gasteiger partial charge in [0, 0.05) is 19.2 Å². The number of rotatable bonds is 5. The summed E-state index contributed by atoms with van der Waals surface area (Å²) in [5, 5.41) is 10.8. The summed E-state index contributed by atoms with van der Waals surface area (Å²) in [5.74, 6) is 0. The summed E-state index contributed by atoms with van der Waals surface area (Å²) < 4.78 is 43.9. The number of benzene rings is 1. The fourth-order valence-corrected chi connectivity index (χ4v) is 2.85. The molecule has 0 aromatic heterocycles. The standard InChI is InChI=1S/C11H14F3N3O2S/c1-3-16(4-2)20(11(12,13)14)15-9-7-5-6-8-10(9)17(18)19/h5-8H,3-4H2,1-2H3. The average Bonchev–Trinajstić information content (AvgIpc) is 2.38. The van der Waals surface area contributed by atoms with Gasteiger partial charge in [-0.1, -0.05) is 26.0 Å². The fourth-order valence-electron chi connectivity index (χ4n) is 1.51. The highest BCUT2D eigenvalue weighted by Gasteiger charge is 2.38. The molecule has 0 fully saturated rings. The summed E-state index contributed by atoms with van der Waals surface area (Å²) in [4.78, 5) is 10.1. The van der Waals surface area contributed by atoms with Crippen molar-refractivity contribution >= 4 is 22.3 Å². The molecule has 0 N–H and O–H groups in total. The van der Waals surface area contributed by atoms with E-state index in [1.54, 1.807) is 13.8 Å². The number of hydrogen-bond acceptors (Lipinski definition) is 3. The van der Waals surface area contributed by atoms with E-state index in [2.05, 4.69) is 4.36 Å². The van der Waals surface area contributed by atoms with E-state index in [0.717, 1.165) is 10.4 Å². The zero-order valence-electron chi connectivity index (χ0n) is 10.9. The molecule has 0 bridgehead atoms. The molecule has 5 nitrogen and oxygen atoms in total. The van der Waals surface area contributed by atoms with Gasteiger partial charge in [0.1, 0.15) is 5.69 Å². The molecule has 1 aromatic rings. The first-order valence-electron chi connectivity index (χ1n) is 5.82. The van der Waals surface area contributed by atoms with E-state index in [4.69, 9.17) is 0 Å². The lowest BCUT2D eigenvalue weighted by molar-refractivity contribution is -0.384. The van der Waals surface area contributed by atoms with Crippen molar-refractivity contribution in [3.05, 3.63) is 34.4 Å². The van der Waals surface area contributed by atoms with Crippen LogP contribution in [0.2, 0.25) is 0 Å². The van der Waals surface area contributed by atoms with E-state index >= 15 is 0 Å². The molecular formula is C11H14F3N3O2S. The van der Waals surface area contributed by atoms with Crippen LogP contribution in [0.1, 0.15) is 13.8 Å². The van der Waals surface area contributed by atoms with Crippen molar-refractivity contribution in [3.8, 4) is 0 Å². The number of para-hydroxylation sites is 1. The van der Waals surface area contributed by atoms with Crippen molar-refractivity contribution < 1.29 is 18.1 Å².